The molecule has 124 valence electrons. The van der Waals surface area contributed by atoms with Gasteiger partial charge in [-0.15, -0.1) is 12.4 Å². The van der Waals surface area contributed by atoms with Gasteiger partial charge in [-0.25, -0.2) is 4.79 Å². The normalized spacial score (nSPS) is 18.6. The van der Waals surface area contributed by atoms with Crippen molar-refractivity contribution in [3.63, 3.8) is 0 Å². The van der Waals surface area contributed by atoms with Gasteiger partial charge in [0.15, 0.2) is 0 Å². The number of rotatable bonds is 1. The van der Waals surface area contributed by atoms with Crippen LogP contribution in [0.2, 0.25) is 5.02 Å². The fraction of sp³-hybridized carbons (Fsp3) is 0.462. The number of carbonyl (C=O) groups is 1. The molecule has 22 heavy (non-hydrogen) atoms. The Balaban J connectivity index is 0.00000242. The van der Waals surface area contributed by atoms with Crippen LogP contribution in [0.4, 0.5) is 23.7 Å². The molecule has 1 fully saturated rings. The number of nitrogens with zero attached hydrogens (tertiary/aromatic N) is 1. The molecule has 1 saturated heterocycles. The van der Waals surface area contributed by atoms with E-state index in [9.17, 15) is 18.0 Å². The average Bonchev–Trinajstić information content (AvgIpc) is 2.40. The molecule has 0 bridgehead atoms. The minimum atomic E-state index is -4.49. The molecule has 1 aromatic rings. The van der Waals surface area contributed by atoms with E-state index < -0.39 is 17.8 Å². The SMILES string of the molecule is Cl.NC1CCCN(C(=O)Nc2cc(C(F)(F)F)ccc2Cl)C1. The van der Waals surface area contributed by atoms with Crippen molar-refractivity contribution < 1.29 is 18.0 Å². The summed E-state index contributed by atoms with van der Waals surface area (Å²) in [7, 11) is 0. The Kier molecular flexibility index (Phi) is 6.34. The number of anilines is 1. The number of nitrogens with one attached hydrogen (secondary N) is 1. The van der Waals surface area contributed by atoms with E-state index in [2.05, 4.69) is 5.32 Å². The molecule has 1 atom stereocenters. The summed E-state index contributed by atoms with van der Waals surface area (Å²) in [4.78, 5) is 13.5. The van der Waals surface area contributed by atoms with Gasteiger partial charge in [-0.2, -0.15) is 13.2 Å². The zero-order chi connectivity index (χ0) is 15.6. The third kappa shape index (κ3) is 4.66. The molecule has 1 aromatic carbocycles. The number of carbonyl (C=O) groups excluding carboxylic acids is 1. The topological polar surface area (TPSA) is 58.4 Å². The Morgan fingerprint density at radius 2 is 2.09 bits per heavy atom. The van der Waals surface area contributed by atoms with Crippen molar-refractivity contribution in [2.24, 2.45) is 5.73 Å². The summed E-state index contributed by atoms with van der Waals surface area (Å²) in [6, 6.07) is 2.20. The molecule has 0 aliphatic carbocycles. The van der Waals surface area contributed by atoms with Crippen LogP contribution in [0.15, 0.2) is 18.2 Å². The van der Waals surface area contributed by atoms with Crippen molar-refractivity contribution in [1.29, 1.82) is 0 Å². The van der Waals surface area contributed by atoms with Gasteiger partial charge < -0.3 is 16.0 Å². The molecule has 1 aliphatic rings. The first kappa shape index (κ1) is 18.9. The maximum atomic E-state index is 12.7. The van der Waals surface area contributed by atoms with Crippen LogP contribution in [0.25, 0.3) is 0 Å². The predicted octanol–water partition coefficient (Wildman–Crippen LogP) is 3.74. The van der Waals surface area contributed by atoms with Crippen LogP contribution >= 0.6 is 24.0 Å². The molecule has 2 rings (SSSR count). The third-order valence-electron chi connectivity index (χ3n) is 3.28. The quantitative estimate of drug-likeness (QED) is 0.804. The largest absolute Gasteiger partial charge is 0.416 e. The maximum absolute atomic E-state index is 12.7. The van der Waals surface area contributed by atoms with Crippen molar-refractivity contribution in [3.8, 4) is 0 Å². The molecule has 3 N–H and O–H groups in total. The molecule has 9 heteroatoms. The van der Waals surface area contributed by atoms with E-state index in [0.29, 0.717) is 13.1 Å². The third-order valence-corrected chi connectivity index (χ3v) is 3.61. The van der Waals surface area contributed by atoms with Crippen molar-refractivity contribution in [2.75, 3.05) is 18.4 Å². The Hall–Kier alpha value is -1.18. The lowest BCUT2D eigenvalue weighted by atomic mass is 10.1. The molecular weight excluding hydrogens is 342 g/mol. The van der Waals surface area contributed by atoms with Gasteiger partial charge in [-0.05, 0) is 31.0 Å². The number of amides is 2. The van der Waals surface area contributed by atoms with Crippen LogP contribution in [0.1, 0.15) is 18.4 Å². The zero-order valence-electron chi connectivity index (χ0n) is 11.5. The Morgan fingerprint density at radius 1 is 1.41 bits per heavy atom. The van der Waals surface area contributed by atoms with E-state index in [1.165, 1.54) is 4.90 Å². The lowest BCUT2D eigenvalue weighted by molar-refractivity contribution is -0.137. The van der Waals surface area contributed by atoms with Gasteiger partial charge in [0.25, 0.3) is 0 Å². The van der Waals surface area contributed by atoms with Crippen molar-refractivity contribution >= 4 is 35.7 Å². The maximum Gasteiger partial charge on any atom is 0.416 e. The molecule has 0 radical (unpaired) electrons. The van der Waals surface area contributed by atoms with Gasteiger partial charge in [-0.1, -0.05) is 11.6 Å². The van der Waals surface area contributed by atoms with Crippen molar-refractivity contribution in [2.45, 2.75) is 25.1 Å². The van der Waals surface area contributed by atoms with Gasteiger partial charge in [0.05, 0.1) is 16.3 Å². The monoisotopic (exact) mass is 357 g/mol. The summed E-state index contributed by atoms with van der Waals surface area (Å²) in [5.74, 6) is 0. The summed E-state index contributed by atoms with van der Waals surface area (Å²) in [6.07, 6.45) is -2.89. The number of piperidine rings is 1. The summed E-state index contributed by atoms with van der Waals surface area (Å²) < 4.78 is 38.0. The molecule has 1 aliphatic heterocycles. The molecule has 0 saturated carbocycles. The Bertz CT molecular complexity index is 540. The molecule has 2 amide bonds. The predicted molar refractivity (Wildman–Crippen MR) is 81.5 cm³/mol. The second-order valence-corrected chi connectivity index (χ2v) is 5.38. The molecule has 1 unspecified atom stereocenters. The van der Waals surface area contributed by atoms with E-state index in [0.717, 1.165) is 31.0 Å². The first-order valence-electron chi connectivity index (χ1n) is 6.45. The van der Waals surface area contributed by atoms with Crippen LogP contribution in [0.5, 0.6) is 0 Å². The fourth-order valence-corrected chi connectivity index (χ4v) is 2.35. The number of hydrogen-bond donors (Lipinski definition) is 2. The highest BCUT2D eigenvalue weighted by molar-refractivity contribution is 6.33. The Morgan fingerprint density at radius 3 is 2.68 bits per heavy atom. The van der Waals surface area contributed by atoms with E-state index in [1.807, 2.05) is 0 Å². The standard InChI is InChI=1S/C13H15ClF3N3O.ClH/c14-10-4-3-8(13(15,16)17)6-11(10)19-12(21)20-5-1-2-9(18)7-20;/h3-4,6,9H,1-2,5,7,18H2,(H,19,21);1H. The van der Waals surface area contributed by atoms with Gasteiger partial charge >= 0.3 is 12.2 Å². The van der Waals surface area contributed by atoms with E-state index >= 15 is 0 Å². The summed E-state index contributed by atoms with van der Waals surface area (Å²) >= 11 is 5.83. The number of alkyl halides is 3. The minimum absolute atomic E-state index is 0. The zero-order valence-corrected chi connectivity index (χ0v) is 13.1. The van der Waals surface area contributed by atoms with Crippen molar-refractivity contribution in [3.05, 3.63) is 28.8 Å². The minimum Gasteiger partial charge on any atom is -0.326 e. The van der Waals surface area contributed by atoms with Gasteiger partial charge in [-0.3, -0.25) is 0 Å². The molecule has 0 spiro atoms. The molecule has 0 aromatic heterocycles. The Labute approximate surface area is 137 Å². The average molecular weight is 358 g/mol. The van der Waals surface area contributed by atoms with Crippen LogP contribution in [-0.4, -0.2) is 30.1 Å². The number of nitrogens with two attached hydrogens (primary N) is 1. The van der Waals surface area contributed by atoms with Crippen LogP contribution in [0, 0.1) is 0 Å². The first-order valence-corrected chi connectivity index (χ1v) is 6.83. The van der Waals surface area contributed by atoms with Gasteiger partial charge in [0.1, 0.15) is 0 Å². The van der Waals surface area contributed by atoms with Crippen LogP contribution in [-0.2, 0) is 6.18 Å². The van der Waals surface area contributed by atoms with Gasteiger partial charge in [0.2, 0.25) is 0 Å². The smallest absolute Gasteiger partial charge is 0.326 e. The highest BCUT2D eigenvalue weighted by Crippen LogP contribution is 2.33. The first-order chi connectivity index (χ1) is 9.77. The van der Waals surface area contributed by atoms with Gasteiger partial charge in [0, 0.05) is 19.1 Å². The highest BCUT2D eigenvalue weighted by atomic mass is 35.5. The lowest BCUT2D eigenvalue weighted by Gasteiger charge is -2.30. The fourth-order valence-electron chi connectivity index (χ4n) is 2.19. The summed E-state index contributed by atoms with van der Waals surface area (Å²) in [6.45, 7) is 0.901. The molecule has 4 nitrogen and oxygen atoms in total. The summed E-state index contributed by atoms with van der Waals surface area (Å²) in [5, 5.41) is 2.47. The van der Waals surface area contributed by atoms with Crippen LogP contribution in [0.3, 0.4) is 0 Å². The second-order valence-electron chi connectivity index (χ2n) is 4.97. The highest BCUT2D eigenvalue weighted by Gasteiger charge is 2.31. The van der Waals surface area contributed by atoms with E-state index in [4.69, 9.17) is 17.3 Å². The lowest BCUT2D eigenvalue weighted by Crippen LogP contribution is -2.47. The van der Waals surface area contributed by atoms with Crippen molar-refractivity contribution in [1.82, 2.24) is 4.90 Å². The summed E-state index contributed by atoms with van der Waals surface area (Å²) in [5.41, 5.74) is 4.85. The molecular formula is C13H16Cl2F3N3O. The van der Waals surface area contributed by atoms with E-state index in [-0.39, 0.29) is 29.2 Å². The second kappa shape index (κ2) is 7.39. The number of benzene rings is 1. The van der Waals surface area contributed by atoms with E-state index in [1.54, 1.807) is 0 Å². The number of urea groups is 1. The molecule has 1 heterocycles. The number of halogens is 5. The van der Waals surface area contributed by atoms with Crippen LogP contribution < -0.4 is 11.1 Å². The number of hydrogen-bond acceptors (Lipinski definition) is 2. The number of likely N-dealkylation sites (tertiary alicyclic amines) is 1.